The van der Waals surface area contributed by atoms with E-state index in [9.17, 15) is 4.79 Å². The lowest BCUT2D eigenvalue weighted by Crippen LogP contribution is -2.53. The van der Waals surface area contributed by atoms with Gasteiger partial charge in [0.05, 0.1) is 23.1 Å². The Hall–Kier alpha value is -1.85. The summed E-state index contributed by atoms with van der Waals surface area (Å²) in [6.07, 6.45) is 8.17. The molecule has 2 bridgehead atoms. The van der Waals surface area contributed by atoms with Crippen LogP contribution < -0.4 is 11.1 Å². The van der Waals surface area contributed by atoms with E-state index in [-0.39, 0.29) is 24.4 Å². The van der Waals surface area contributed by atoms with Gasteiger partial charge < -0.3 is 11.1 Å². The molecule has 2 fully saturated rings. The summed E-state index contributed by atoms with van der Waals surface area (Å²) in [6, 6.07) is 10.6. The molecule has 2 atom stereocenters. The number of nitrogens with one attached hydrogen (secondary N) is 1. The van der Waals surface area contributed by atoms with Gasteiger partial charge in [0.15, 0.2) is 0 Å². The van der Waals surface area contributed by atoms with Crippen LogP contribution in [0.25, 0.3) is 5.69 Å². The Morgan fingerprint density at radius 1 is 1.22 bits per heavy atom. The SMILES string of the molecule is CCc1c(C(=O)NC2C3CCCC2CC(N)C3)cnn1-c1ccccc1.Cl. The van der Waals surface area contributed by atoms with Crippen molar-refractivity contribution in [2.24, 2.45) is 17.6 Å². The molecule has 2 unspecified atom stereocenters. The van der Waals surface area contributed by atoms with Gasteiger partial charge >= 0.3 is 0 Å². The molecule has 0 aliphatic heterocycles. The van der Waals surface area contributed by atoms with Crippen molar-refractivity contribution in [3.05, 3.63) is 47.8 Å². The zero-order valence-electron chi connectivity index (χ0n) is 15.8. The molecule has 2 aliphatic carbocycles. The second-order valence-corrected chi connectivity index (χ2v) is 7.79. The summed E-state index contributed by atoms with van der Waals surface area (Å²) < 4.78 is 1.88. The number of hydrogen-bond acceptors (Lipinski definition) is 3. The maximum atomic E-state index is 13.1. The van der Waals surface area contributed by atoms with E-state index in [1.165, 1.54) is 19.3 Å². The van der Waals surface area contributed by atoms with Crippen molar-refractivity contribution < 1.29 is 4.79 Å². The molecule has 3 N–H and O–H groups in total. The number of hydrogen-bond donors (Lipinski definition) is 2. The first-order chi connectivity index (χ1) is 12.7. The topological polar surface area (TPSA) is 72.9 Å². The van der Waals surface area contributed by atoms with Crippen LogP contribution in [0.1, 0.15) is 55.1 Å². The van der Waals surface area contributed by atoms with Gasteiger partial charge in [-0.3, -0.25) is 4.79 Å². The number of amides is 1. The Bertz CT molecular complexity index is 762. The van der Waals surface area contributed by atoms with Gasteiger partial charge in [0, 0.05) is 12.1 Å². The summed E-state index contributed by atoms with van der Waals surface area (Å²) in [6.45, 7) is 2.07. The van der Waals surface area contributed by atoms with Crippen molar-refractivity contribution in [3.8, 4) is 5.69 Å². The first-order valence-electron chi connectivity index (χ1n) is 9.86. The Kier molecular flexibility index (Phi) is 6.22. The number of nitrogens with two attached hydrogens (primary N) is 1. The Morgan fingerprint density at radius 3 is 2.52 bits per heavy atom. The Balaban J connectivity index is 0.00000210. The molecule has 6 heteroatoms. The van der Waals surface area contributed by atoms with E-state index >= 15 is 0 Å². The molecule has 2 aromatic rings. The second-order valence-electron chi connectivity index (χ2n) is 7.79. The lowest BCUT2D eigenvalue weighted by atomic mass is 9.67. The predicted octanol–water partition coefficient (Wildman–Crippen LogP) is 3.49. The van der Waals surface area contributed by atoms with Crippen molar-refractivity contribution in [2.45, 2.75) is 57.5 Å². The number of halogens is 1. The van der Waals surface area contributed by atoms with Gasteiger partial charge in [0.25, 0.3) is 5.91 Å². The molecule has 1 heterocycles. The third-order valence-corrected chi connectivity index (χ3v) is 6.12. The van der Waals surface area contributed by atoms with Gasteiger partial charge in [-0.05, 0) is 56.1 Å². The minimum Gasteiger partial charge on any atom is -0.349 e. The highest BCUT2D eigenvalue weighted by atomic mass is 35.5. The monoisotopic (exact) mass is 388 g/mol. The van der Waals surface area contributed by atoms with E-state index in [1.807, 2.05) is 35.0 Å². The van der Waals surface area contributed by atoms with Crippen LogP contribution in [0.15, 0.2) is 36.5 Å². The van der Waals surface area contributed by atoms with Crippen molar-refractivity contribution in [1.29, 1.82) is 0 Å². The van der Waals surface area contributed by atoms with E-state index in [0.29, 0.717) is 23.4 Å². The average molecular weight is 389 g/mol. The average Bonchev–Trinajstić information content (AvgIpc) is 3.07. The highest BCUT2D eigenvalue weighted by Gasteiger charge is 2.40. The van der Waals surface area contributed by atoms with E-state index in [2.05, 4.69) is 17.3 Å². The molecule has 0 radical (unpaired) electrons. The third kappa shape index (κ3) is 3.90. The molecule has 1 aromatic carbocycles. The quantitative estimate of drug-likeness (QED) is 0.841. The first kappa shape index (κ1) is 19.9. The molecule has 2 saturated carbocycles. The van der Waals surface area contributed by atoms with Gasteiger partial charge in [0.2, 0.25) is 0 Å². The smallest absolute Gasteiger partial charge is 0.255 e. The molecule has 5 nitrogen and oxygen atoms in total. The van der Waals surface area contributed by atoms with Crippen LogP contribution in [0.5, 0.6) is 0 Å². The lowest BCUT2D eigenvalue weighted by Gasteiger charge is -2.45. The van der Waals surface area contributed by atoms with Crippen LogP contribution in [-0.2, 0) is 6.42 Å². The summed E-state index contributed by atoms with van der Waals surface area (Å²) in [5, 5.41) is 7.84. The number of aromatic nitrogens is 2. The number of benzene rings is 1. The summed E-state index contributed by atoms with van der Waals surface area (Å²) in [5.74, 6) is 1.06. The number of carbonyl (C=O) groups excluding carboxylic acids is 1. The highest BCUT2D eigenvalue weighted by molar-refractivity contribution is 5.95. The van der Waals surface area contributed by atoms with Crippen LogP contribution >= 0.6 is 12.4 Å². The molecular formula is C21H29ClN4O. The molecule has 4 rings (SSSR count). The van der Waals surface area contributed by atoms with Gasteiger partial charge in [-0.25, -0.2) is 4.68 Å². The van der Waals surface area contributed by atoms with Gasteiger partial charge in [0.1, 0.15) is 0 Å². The van der Waals surface area contributed by atoms with E-state index in [4.69, 9.17) is 5.73 Å². The molecule has 27 heavy (non-hydrogen) atoms. The van der Waals surface area contributed by atoms with Crippen molar-refractivity contribution in [1.82, 2.24) is 15.1 Å². The minimum atomic E-state index is 0. The molecule has 2 aliphatic rings. The number of fused-ring (bicyclic) bond motifs is 2. The number of rotatable bonds is 4. The van der Waals surface area contributed by atoms with Crippen LogP contribution in [0.4, 0.5) is 0 Å². The van der Waals surface area contributed by atoms with Gasteiger partial charge in [-0.1, -0.05) is 31.5 Å². The van der Waals surface area contributed by atoms with E-state index in [1.54, 1.807) is 6.20 Å². The van der Waals surface area contributed by atoms with Crippen LogP contribution in [0, 0.1) is 11.8 Å². The molecule has 0 spiro atoms. The summed E-state index contributed by atoms with van der Waals surface area (Å²) >= 11 is 0. The number of para-hydroxylation sites is 1. The predicted molar refractivity (Wildman–Crippen MR) is 109 cm³/mol. The minimum absolute atomic E-state index is 0. The third-order valence-electron chi connectivity index (χ3n) is 6.12. The Labute approximate surface area is 167 Å². The number of nitrogens with zero attached hydrogens (tertiary/aromatic N) is 2. The molecule has 1 aromatic heterocycles. The maximum Gasteiger partial charge on any atom is 0.255 e. The largest absolute Gasteiger partial charge is 0.349 e. The van der Waals surface area contributed by atoms with E-state index in [0.717, 1.165) is 30.6 Å². The molecule has 0 saturated heterocycles. The summed E-state index contributed by atoms with van der Waals surface area (Å²) in [5.41, 5.74) is 8.87. The second kappa shape index (κ2) is 8.44. The van der Waals surface area contributed by atoms with E-state index < -0.39 is 0 Å². The van der Waals surface area contributed by atoms with Gasteiger partial charge in [-0.15, -0.1) is 12.4 Å². The first-order valence-corrected chi connectivity index (χ1v) is 9.86. The summed E-state index contributed by atoms with van der Waals surface area (Å²) in [4.78, 5) is 13.1. The van der Waals surface area contributed by atoms with Crippen LogP contribution in [0.3, 0.4) is 0 Å². The molecule has 146 valence electrons. The standard InChI is InChI=1S/C21H28N4O.ClH/c1-2-19-18(13-23-25(19)17-9-4-3-5-10-17)21(26)24-20-14-7-6-8-15(20)12-16(22)11-14;/h3-5,9-10,13-16,20H,2,6-8,11-12,22H2,1H3,(H,24,26);1H. The fraction of sp³-hybridized carbons (Fsp3) is 0.524. The number of carbonyl (C=O) groups is 1. The maximum absolute atomic E-state index is 13.1. The van der Waals surface area contributed by atoms with Crippen molar-refractivity contribution in [3.63, 3.8) is 0 Å². The van der Waals surface area contributed by atoms with Crippen molar-refractivity contribution >= 4 is 18.3 Å². The fourth-order valence-electron chi connectivity index (χ4n) is 4.95. The normalized spacial score (nSPS) is 26.9. The zero-order chi connectivity index (χ0) is 18.1. The lowest BCUT2D eigenvalue weighted by molar-refractivity contribution is 0.0755. The molecule has 1 amide bonds. The fourth-order valence-corrected chi connectivity index (χ4v) is 4.95. The molecular weight excluding hydrogens is 360 g/mol. The Morgan fingerprint density at radius 2 is 1.89 bits per heavy atom. The summed E-state index contributed by atoms with van der Waals surface area (Å²) in [7, 11) is 0. The van der Waals surface area contributed by atoms with Crippen molar-refractivity contribution in [2.75, 3.05) is 0 Å². The van der Waals surface area contributed by atoms with Crippen LogP contribution in [0.2, 0.25) is 0 Å². The van der Waals surface area contributed by atoms with Crippen LogP contribution in [-0.4, -0.2) is 27.8 Å². The van der Waals surface area contributed by atoms with Gasteiger partial charge in [-0.2, -0.15) is 5.10 Å². The zero-order valence-corrected chi connectivity index (χ0v) is 16.6. The highest BCUT2D eigenvalue weighted by Crippen LogP contribution is 2.39.